The van der Waals surface area contributed by atoms with Crippen LogP contribution in [0.15, 0.2) is 22.7 Å². The molecule has 0 spiro atoms. The van der Waals surface area contributed by atoms with Crippen molar-refractivity contribution < 1.29 is 27.4 Å². The molecular formula is C13H13BrF3NO3. The highest BCUT2D eigenvalue weighted by molar-refractivity contribution is 9.10. The first-order chi connectivity index (χ1) is 9.86. The van der Waals surface area contributed by atoms with Gasteiger partial charge in [0.1, 0.15) is 5.75 Å². The number of carbonyl (C=O) groups excluding carboxylic acids is 1. The third-order valence-electron chi connectivity index (χ3n) is 2.91. The lowest BCUT2D eigenvalue weighted by Crippen LogP contribution is -2.38. The first kappa shape index (κ1) is 16.1. The van der Waals surface area contributed by atoms with Gasteiger partial charge in [-0.15, -0.1) is 0 Å². The average Bonchev–Trinajstić information content (AvgIpc) is 2.89. The number of carbonyl (C=O) groups is 1. The van der Waals surface area contributed by atoms with Crippen molar-refractivity contribution in [3.05, 3.63) is 28.2 Å². The largest absolute Gasteiger partial charge is 0.483 e. The van der Waals surface area contributed by atoms with E-state index in [0.29, 0.717) is 17.7 Å². The van der Waals surface area contributed by atoms with Crippen LogP contribution in [0.5, 0.6) is 5.75 Å². The standard InChI is InChI=1S/C13H13BrF3NO3/c14-10-2-1-8(13(15,16)17)5-11(10)21-7-12(19)18-9-3-4-20-6-9/h1-2,5,9H,3-4,6-7H2,(H,18,19). The average molecular weight is 368 g/mol. The number of benzene rings is 1. The Morgan fingerprint density at radius 1 is 1.48 bits per heavy atom. The van der Waals surface area contributed by atoms with Gasteiger partial charge in [0.25, 0.3) is 5.91 Å². The van der Waals surface area contributed by atoms with Crippen LogP contribution in [0.2, 0.25) is 0 Å². The molecule has 1 atom stereocenters. The molecule has 1 aromatic carbocycles. The zero-order valence-electron chi connectivity index (χ0n) is 10.9. The van der Waals surface area contributed by atoms with Crippen LogP contribution in [-0.4, -0.2) is 31.8 Å². The molecule has 1 fully saturated rings. The number of hydrogen-bond acceptors (Lipinski definition) is 3. The van der Waals surface area contributed by atoms with Crippen LogP contribution in [0, 0.1) is 0 Å². The minimum absolute atomic E-state index is 0.0253. The van der Waals surface area contributed by atoms with Gasteiger partial charge in [-0.25, -0.2) is 0 Å². The van der Waals surface area contributed by atoms with Crippen molar-refractivity contribution in [3.63, 3.8) is 0 Å². The Balaban J connectivity index is 1.94. The second-order valence-corrected chi connectivity index (χ2v) is 5.41. The van der Waals surface area contributed by atoms with Gasteiger partial charge in [-0.3, -0.25) is 4.79 Å². The molecule has 8 heteroatoms. The molecule has 1 aliphatic heterocycles. The van der Waals surface area contributed by atoms with Gasteiger partial charge >= 0.3 is 6.18 Å². The van der Waals surface area contributed by atoms with Crippen LogP contribution in [0.25, 0.3) is 0 Å². The highest BCUT2D eigenvalue weighted by atomic mass is 79.9. The Labute approximate surface area is 127 Å². The summed E-state index contributed by atoms with van der Waals surface area (Å²) in [6.45, 7) is 0.681. The number of halogens is 4. The Bertz CT molecular complexity index is 516. The molecule has 1 aromatic rings. The fourth-order valence-electron chi connectivity index (χ4n) is 1.85. The minimum atomic E-state index is -4.46. The molecule has 0 saturated carbocycles. The first-order valence-electron chi connectivity index (χ1n) is 6.23. The molecule has 1 saturated heterocycles. The summed E-state index contributed by atoms with van der Waals surface area (Å²) in [5.41, 5.74) is -0.828. The van der Waals surface area contributed by atoms with Crippen LogP contribution in [0.3, 0.4) is 0 Å². The lowest BCUT2D eigenvalue weighted by atomic mass is 10.2. The van der Waals surface area contributed by atoms with Crippen molar-refractivity contribution in [2.45, 2.75) is 18.6 Å². The Morgan fingerprint density at radius 3 is 2.86 bits per heavy atom. The van der Waals surface area contributed by atoms with Crippen molar-refractivity contribution in [2.75, 3.05) is 19.8 Å². The fraction of sp³-hybridized carbons (Fsp3) is 0.462. The van der Waals surface area contributed by atoms with Gasteiger partial charge < -0.3 is 14.8 Å². The van der Waals surface area contributed by atoms with Crippen LogP contribution in [0.4, 0.5) is 13.2 Å². The maximum atomic E-state index is 12.6. The molecule has 1 heterocycles. The van der Waals surface area contributed by atoms with E-state index in [4.69, 9.17) is 9.47 Å². The first-order valence-corrected chi connectivity index (χ1v) is 7.02. The Hall–Kier alpha value is -1.28. The third kappa shape index (κ3) is 4.60. The summed E-state index contributed by atoms with van der Waals surface area (Å²) in [6, 6.07) is 2.97. The number of alkyl halides is 3. The molecule has 2 rings (SSSR count). The van der Waals surface area contributed by atoms with Gasteiger partial charge in [-0.05, 0) is 40.5 Å². The number of nitrogens with one attached hydrogen (secondary N) is 1. The highest BCUT2D eigenvalue weighted by Gasteiger charge is 2.31. The second-order valence-electron chi connectivity index (χ2n) is 4.56. The summed E-state index contributed by atoms with van der Waals surface area (Å²) < 4.78 is 48.4. The number of ether oxygens (including phenoxy) is 2. The van der Waals surface area contributed by atoms with E-state index in [1.807, 2.05) is 0 Å². The molecule has 4 nitrogen and oxygen atoms in total. The summed E-state index contributed by atoms with van der Waals surface area (Å²) in [4.78, 5) is 11.6. The van der Waals surface area contributed by atoms with Crippen LogP contribution in [-0.2, 0) is 15.7 Å². The van der Waals surface area contributed by atoms with Gasteiger partial charge in [0.15, 0.2) is 6.61 Å². The number of rotatable bonds is 4. The van der Waals surface area contributed by atoms with Crippen molar-refractivity contribution >= 4 is 21.8 Å². The van der Waals surface area contributed by atoms with E-state index in [1.165, 1.54) is 6.07 Å². The van der Waals surface area contributed by atoms with Crippen molar-refractivity contribution in [1.82, 2.24) is 5.32 Å². The molecule has 0 radical (unpaired) electrons. The molecule has 0 aromatic heterocycles. The van der Waals surface area contributed by atoms with E-state index in [2.05, 4.69) is 21.2 Å². The van der Waals surface area contributed by atoms with Crippen molar-refractivity contribution in [2.24, 2.45) is 0 Å². The van der Waals surface area contributed by atoms with Gasteiger partial charge in [0.2, 0.25) is 0 Å². The summed E-state index contributed by atoms with van der Waals surface area (Å²) in [7, 11) is 0. The summed E-state index contributed by atoms with van der Waals surface area (Å²) in [5.74, 6) is -0.419. The topological polar surface area (TPSA) is 47.6 Å². The molecule has 1 unspecified atom stereocenters. The summed E-state index contributed by atoms with van der Waals surface area (Å²) in [6.07, 6.45) is -3.73. The molecule has 1 amide bonds. The van der Waals surface area contributed by atoms with Gasteiger partial charge in [0.05, 0.1) is 22.7 Å². The van der Waals surface area contributed by atoms with Gasteiger partial charge in [0, 0.05) is 6.61 Å². The Kier molecular flexibility index (Phi) is 5.10. The fourth-order valence-corrected chi connectivity index (χ4v) is 2.21. The van der Waals surface area contributed by atoms with E-state index >= 15 is 0 Å². The maximum absolute atomic E-state index is 12.6. The van der Waals surface area contributed by atoms with E-state index < -0.39 is 17.6 Å². The van der Waals surface area contributed by atoms with E-state index in [0.717, 1.165) is 18.6 Å². The number of amides is 1. The highest BCUT2D eigenvalue weighted by Crippen LogP contribution is 2.35. The molecule has 0 bridgehead atoms. The van der Waals surface area contributed by atoms with Crippen LogP contribution >= 0.6 is 15.9 Å². The normalized spacial score (nSPS) is 18.6. The molecular weight excluding hydrogens is 355 g/mol. The summed E-state index contributed by atoms with van der Waals surface area (Å²) in [5, 5.41) is 2.69. The van der Waals surface area contributed by atoms with Gasteiger partial charge in [-0.2, -0.15) is 13.2 Å². The number of hydrogen-bond donors (Lipinski definition) is 1. The zero-order chi connectivity index (χ0) is 15.5. The predicted octanol–water partition coefficient (Wildman–Crippen LogP) is 2.75. The molecule has 21 heavy (non-hydrogen) atoms. The zero-order valence-corrected chi connectivity index (χ0v) is 12.5. The summed E-state index contributed by atoms with van der Waals surface area (Å²) >= 11 is 3.09. The second kappa shape index (κ2) is 6.65. The molecule has 0 aliphatic carbocycles. The molecule has 1 aliphatic rings. The minimum Gasteiger partial charge on any atom is -0.483 e. The van der Waals surface area contributed by atoms with Crippen molar-refractivity contribution in [1.29, 1.82) is 0 Å². The lowest BCUT2D eigenvalue weighted by molar-refractivity contribution is -0.137. The van der Waals surface area contributed by atoms with Crippen LogP contribution in [0.1, 0.15) is 12.0 Å². The van der Waals surface area contributed by atoms with Crippen LogP contribution < -0.4 is 10.1 Å². The smallest absolute Gasteiger partial charge is 0.416 e. The van der Waals surface area contributed by atoms with E-state index in [9.17, 15) is 18.0 Å². The predicted molar refractivity (Wildman–Crippen MR) is 72.0 cm³/mol. The Morgan fingerprint density at radius 2 is 2.24 bits per heavy atom. The van der Waals surface area contributed by atoms with E-state index in [1.54, 1.807) is 0 Å². The SMILES string of the molecule is O=C(COc1cc(C(F)(F)F)ccc1Br)NC1CCOC1. The maximum Gasteiger partial charge on any atom is 0.416 e. The quantitative estimate of drug-likeness (QED) is 0.889. The third-order valence-corrected chi connectivity index (χ3v) is 3.57. The molecule has 116 valence electrons. The van der Waals surface area contributed by atoms with Gasteiger partial charge in [-0.1, -0.05) is 0 Å². The molecule has 1 N–H and O–H groups in total. The van der Waals surface area contributed by atoms with E-state index in [-0.39, 0.29) is 18.4 Å². The lowest BCUT2D eigenvalue weighted by Gasteiger charge is -2.13. The monoisotopic (exact) mass is 367 g/mol. The van der Waals surface area contributed by atoms with Crippen molar-refractivity contribution in [3.8, 4) is 5.75 Å².